The molecule has 3 rings (SSSR count). The second kappa shape index (κ2) is 8.96. The average molecular weight is 456 g/mol. The lowest BCUT2D eigenvalue weighted by molar-refractivity contribution is -0.137. The van der Waals surface area contributed by atoms with Crippen molar-refractivity contribution in [1.29, 1.82) is 0 Å². The highest BCUT2D eigenvalue weighted by Crippen LogP contribution is 2.32. The van der Waals surface area contributed by atoms with E-state index in [-0.39, 0.29) is 28.4 Å². The van der Waals surface area contributed by atoms with Gasteiger partial charge >= 0.3 is 12.1 Å². The number of amides is 1. The maximum Gasteiger partial charge on any atom is 0.416 e. The Labute approximate surface area is 176 Å². The van der Waals surface area contributed by atoms with Crippen LogP contribution in [0.15, 0.2) is 48.5 Å². The van der Waals surface area contributed by atoms with Gasteiger partial charge in [-0.05, 0) is 36.8 Å². The van der Waals surface area contributed by atoms with Gasteiger partial charge in [-0.15, -0.1) is 0 Å². The maximum atomic E-state index is 12.9. The fraction of sp³-hybridized carbons (Fsp3) is 0.300. The fourth-order valence-electron chi connectivity index (χ4n) is 3.09. The van der Waals surface area contributed by atoms with Crippen LogP contribution in [0.3, 0.4) is 0 Å². The highest BCUT2D eigenvalue weighted by molar-refractivity contribution is 7.91. The average Bonchev–Trinajstić information content (AvgIpc) is 3.04. The number of halogens is 3. The van der Waals surface area contributed by atoms with Crippen molar-refractivity contribution < 1.29 is 35.9 Å². The van der Waals surface area contributed by atoms with Gasteiger partial charge in [-0.1, -0.05) is 18.2 Å². The summed E-state index contributed by atoms with van der Waals surface area (Å²) in [7, 11) is -3.16. The molecule has 1 aliphatic rings. The number of rotatable bonds is 6. The number of para-hydroxylation sites is 1. The summed E-state index contributed by atoms with van der Waals surface area (Å²) in [5, 5.41) is 5.25. The monoisotopic (exact) mass is 456 g/mol. The van der Waals surface area contributed by atoms with E-state index in [1.165, 1.54) is 30.3 Å². The lowest BCUT2D eigenvalue weighted by Crippen LogP contribution is -2.38. The highest BCUT2D eigenvalue weighted by Gasteiger charge is 2.31. The van der Waals surface area contributed by atoms with Crippen LogP contribution >= 0.6 is 0 Å². The minimum Gasteiger partial charge on any atom is -0.452 e. The molecule has 1 atom stereocenters. The number of esters is 1. The molecule has 0 aromatic heterocycles. The number of alkyl halides is 3. The van der Waals surface area contributed by atoms with Gasteiger partial charge in [0.05, 0.1) is 28.3 Å². The summed E-state index contributed by atoms with van der Waals surface area (Å²) in [6.45, 7) is -0.618. The Morgan fingerprint density at radius 2 is 1.84 bits per heavy atom. The van der Waals surface area contributed by atoms with E-state index in [1.807, 2.05) is 0 Å². The standard InChI is InChI=1S/C20H19F3N2O5S/c21-20(22,23)13-4-3-5-14(10-13)24-17-7-2-1-6-16(17)19(27)30-11-18(26)25-15-8-9-31(28,29)12-15/h1-7,10,15,24H,8-9,11-12H2,(H,25,26)/t15-/m0/s1. The number of carbonyl (C=O) groups is 2. The molecule has 31 heavy (non-hydrogen) atoms. The second-order valence-corrected chi connectivity index (χ2v) is 9.22. The highest BCUT2D eigenvalue weighted by atomic mass is 32.2. The van der Waals surface area contributed by atoms with Crippen molar-refractivity contribution in [3.63, 3.8) is 0 Å². The third-order valence-electron chi connectivity index (χ3n) is 4.55. The van der Waals surface area contributed by atoms with Crippen LogP contribution < -0.4 is 10.6 Å². The molecule has 0 unspecified atom stereocenters. The summed E-state index contributed by atoms with van der Waals surface area (Å²) >= 11 is 0. The molecule has 1 fully saturated rings. The first-order valence-corrected chi connectivity index (χ1v) is 11.1. The number of carbonyl (C=O) groups excluding carboxylic acids is 2. The third-order valence-corrected chi connectivity index (χ3v) is 6.32. The van der Waals surface area contributed by atoms with Crippen molar-refractivity contribution >= 4 is 33.1 Å². The summed E-state index contributed by atoms with van der Waals surface area (Å²) in [5.41, 5.74) is -0.497. The molecule has 0 spiro atoms. The molecule has 2 N–H and O–H groups in total. The third kappa shape index (κ3) is 6.20. The number of hydrogen-bond acceptors (Lipinski definition) is 6. The molecule has 11 heteroatoms. The van der Waals surface area contributed by atoms with Crippen molar-refractivity contribution in [2.75, 3.05) is 23.4 Å². The zero-order valence-corrected chi connectivity index (χ0v) is 16.9. The molecule has 1 heterocycles. The predicted octanol–water partition coefficient (Wildman–Crippen LogP) is 2.91. The minimum absolute atomic E-state index is 0.00762. The summed E-state index contributed by atoms with van der Waals surface area (Å²) in [5.74, 6) is -1.66. The van der Waals surface area contributed by atoms with Gasteiger partial charge in [0.25, 0.3) is 5.91 Å². The summed E-state index contributed by atoms with van der Waals surface area (Å²) in [6.07, 6.45) is -4.21. The molecule has 7 nitrogen and oxygen atoms in total. The van der Waals surface area contributed by atoms with Crippen molar-refractivity contribution in [3.8, 4) is 0 Å². The van der Waals surface area contributed by atoms with E-state index in [9.17, 15) is 31.2 Å². The van der Waals surface area contributed by atoms with Crippen LogP contribution in [0.5, 0.6) is 0 Å². The molecule has 0 radical (unpaired) electrons. The Morgan fingerprint density at radius 3 is 2.52 bits per heavy atom. The van der Waals surface area contributed by atoms with Crippen LogP contribution in [0.4, 0.5) is 24.5 Å². The topological polar surface area (TPSA) is 102 Å². The number of ether oxygens (including phenoxy) is 1. The SMILES string of the molecule is O=C(COC(=O)c1ccccc1Nc1cccc(C(F)(F)F)c1)N[C@H]1CCS(=O)(=O)C1. The summed E-state index contributed by atoms with van der Waals surface area (Å²) < 4.78 is 66.6. The molecule has 2 aromatic rings. The number of benzene rings is 2. The van der Waals surface area contributed by atoms with E-state index < -0.39 is 46.1 Å². The summed E-state index contributed by atoms with van der Waals surface area (Å²) in [6, 6.07) is 9.98. The number of sulfone groups is 1. The van der Waals surface area contributed by atoms with Gasteiger partial charge in [-0.2, -0.15) is 13.2 Å². The zero-order valence-electron chi connectivity index (χ0n) is 16.1. The molecule has 1 aliphatic heterocycles. The molecule has 1 amide bonds. The van der Waals surface area contributed by atoms with Gasteiger partial charge in [0, 0.05) is 11.7 Å². The van der Waals surface area contributed by atoms with Crippen LogP contribution in [0.1, 0.15) is 22.3 Å². The lowest BCUT2D eigenvalue weighted by atomic mass is 10.1. The molecular weight excluding hydrogens is 437 g/mol. The van der Waals surface area contributed by atoms with Gasteiger partial charge < -0.3 is 15.4 Å². The fourth-order valence-corrected chi connectivity index (χ4v) is 4.76. The van der Waals surface area contributed by atoms with Crippen LogP contribution in [-0.4, -0.2) is 44.4 Å². The molecule has 2 aromatic carbocycles. The largest absolute Gasteiger partial charge is 0.452 e. The Balaban J connectivity index is 1.63. The Kier molecular flexibility index (Phi) is 6.54. The van der Waals surface area contributed by atoms with Gasteiger partial charge in [0.15, 0.2) is 16.4 Å². The maximum absolute atomic E-state index is 12.9. The van der Waals surface area contributed by atoms with Gasteiger partial charge in [-0.3, -0.25) is 4.79 Å². The molecule has 166 valence electrons. The molecule has 1 saturated heterocycles. The van der Waals surface area contributed by atoms with Gasteiger partial charge in [-0.25, -0.2) is 13.2 Å². The Hall–Kier alpha value is -3.08. The minimum atomic E-state index is -4.51. The predicted molar refractivity (Wildman–Crippen MR) is 107 cm³/mol. The van der Waals surface area contributed by atoms with Crippen molar-refractivity contribution in [2.45, 2.75) is 18.6 Å². The van der Waals surface area contributed by atoms with Crippen LogP contribution in [-0.2, 0) is 25.5 Å². The molecular formula is C20H19F3N2O5S. The van der Waals surface area contributed by atoms with Crippen LogP contribution in [0.2, 0.25) is 0 Å². The first-order chi connectivity index (χ1) is 14.5. The molecule has 0 aliphatic carbocycles. The van der Waals surface area contributed by atoms with Crippen LogP contribution in [0.25, 0.3) is 0 Å². The summed E-state index contributed by atoms with van der Waals surface area (Å²) in [4.78, 5) is 24.4. The van der Waals surface area contributed by atoms with Gasteiger partial charge in [0.2, 0.25) is 0 Å². The van der Waals surface area contributed by atoms with Crippen molar-refractivity contribution in [3.05, 3.63) is 59.7 Å². The lowest BCUT2D eigenvalue weighted by Gasteiger charge is -2.14. The number of hydrogen-bond donors (Lipinski definition) is 2. The first kappa shape index (κ1) is 22.6. The number of nitrogens with one attached hydrogen (secondary N) is 2. The van der Waals surface area contributed by atoms with E-state index in [4.69, 9.17) is 4.74 Å². The number of anilines is 2. The first-order valence-electron chi connectivity index (χ1n) is 9.24. The zero-order chi connectivity index (χ0) is 22.6. The van der Waals surface area contributed by atoms with Crippen LogP contribution in [0, 0.1) is 0 Å². The van der Waals surface area contributed by atoms with E-state index in [1.54, 1.807) is 6.07 Å². The van der Waals surface area contributed by atoms with Crippen molar-refractivity contribution in [1.82, 2.24) is 5.32 Å². The van der Waals surface area contributed by atoms with E-state index in [0.29, 0.717) is 6.42 Å². The Bertz CT molecular complexity index is 1090. The normalized spacial score (nSPS) is 17.7. The van der Waals surface area contributed by atoms with E-state index in [0.717, 1.165) is 12.1 Å². The molecule has 0 saturated carbocycles. The van der Waals surface area contributed by atoms with E-state index >= 15 is 0 Å². The Morgan fingerprint density at radius 1 is 1.10 bits per heavy atom. The quantitative estimate of drug-likeness (QED) is 0.649. The smallest absolute Gasteiger partial charge is 0.416 e. The molecule has 0 bridgehead atoms. The second-order valence-electron chi connectivity index (χ2n) is 6.99. The van der Waals surface area contributed by atoms with E-state index in [2.05, 4.69) is 10.6 Å². The van der Waals surface area contributed by atoms with Crippen molar-refractivity contribution in [2.24, 2.45) is 0 Å². The van der Waals surface area contributed by atoms with Gasteiger partial charge in [0.1, 0.15) is 0 Å².